The Morgan fingerprint density at radius 1 is 1.16 bits per heavy atom. The Morgan fingerprint density at radius 3 is 2.61 bits per heavy atom. The van der Waals surface area contributed by atoms with E-state index in [9.17, 15) is 13.2 Å². The van der Waals surface area contributed by atoms with Gasteiger partial charge in [0.2, 0.25) is 0 Å². The van der Waals surface area contributed by atoms with Crippen molar-refractivity contribution in [1.29, 1.82) is 0 Å². The summed E-state index contributed by atoms with van der Waals surface area (Å²) in [7, 11) is -0.398. The van der Waals surface area contributed by atoms with Gasteiger partial charge in [0, 0.05) is 50.9 Å². The van der Waals surface area contributed by atoms with Gasteiger partial charge in [-0.05, 0) is 37.1 Å². The molecule has 0 fully saturated rings. The highest BCUT2D eigenvalue weighted by atomic mass is 32.2. The van der Waals surface area contributed by atoms with Crippen LogP contribution in [0.4, 0.5) is 5.69 Å². The molecule has 1 aliphatic heterocycles. The molecule has 3 aromatic rings. The second-order valence-electron chi connectivity index (χ2n) is 9.58. The molecule has 1 aliphatic rings. The first-order valence-electron chi connectivity index (χ1n) is 12.4. The number of anilines is 1. The zero-order valence-electron chi connectivity index (χ0n) is 22.0. The molecule has 2 heterocycles. The van der Waals surface area contributed by atoms with Crippen LogP contribution in [0.3, 0.4) is 0 Å². The first-order valence-corrected chi connectivity index (χ1v) is 14.8. The van der Waals surface area contributed by atoms with Gasteiger partial charge in [-0.2, -0.15) is 0 Å². The third kappa shape index (κ3) is 6.71. The molecule has 0 spiro atoms. The van der Waals surface area contributed by atoms with Crippen LogP contribution in [0.5, 0.6) is 5.75 Å². The Bertz CT molecular complexity index is 1320. The van der Waals surface area contributed by atoms with Crippen LogP contribution in [0.25, 0.3) is 0 Å². The van der Waals surface area contributed by atoms with E-state index in [4.69, 9.17) is 9.47 Å². The van der Waals surface area contributed by atoms with Crippen LogP contribution < -0.4 is 9.46 Å². The Balaban J connectivity index is 1.65. The monoisotopic (exact) mass is 558 g/mol. The maximum Gasteiger partial charge on any atom is 0.261 e. The van der Waals surface area contributed by atoms with Gasteiger partial charge >= 0.3 is 0 Å². The van der Waals surface area contributed by atoms with Crippen molar-refractivity contribution in [2.24, 2.45) is 5.92 Å². The Kier molecular flexibility index (Phi) is 9.03. The van der Waals surface area contributed by atoms with Gasteiger partial charge in [-0.15, -0.1) is 11.3 Å². The number of amides is 1. The van der Waals surface area contributed by atoms with E-state index in [1.54, 1.807) is 73.0 Å². The number of hydrogen-bond acceptors (Lipinski definition) is 8. The van der Waals surface area contributed by atoms with Crippen molar-refractivity contribution in [3.63, 3.8) is 0 Å². The number of sulfonamides is 1. The first kappa shape index (κ1) is 28.0. The minimum atomic E-state index is -3.80. The molecule has 0 saturated heterocycles. The fourth-order valence-electron chi connectivity index (χ4n) is 4.45. The van der Waals surface area contributed by atoms with Gasteiger partial charge in [0.25, 0.3) is 15.9 Å². The summed E-state index contributed by atoms with van der Waals surface area (Å²) in [4.78, 5) is 22.0. The van der Waals surface area contributed by atoms with E-state index in [1.807, 2.05) is 5.38 Å². The minimum Gasteiger partial charge on any atom is -0.491 e. The van der Waals surface area contributed by atoms with Crippen LogP contribution in [0, 0.1) is 5.92 Å². The maximum atomic E-state index is 13.4. The number of nitrogens with one attached hydrogen (secondary N) is 1. The number of hydrogen-bond donors (Lipinski definition) is 1. The van der Waals surface area contributed by atoms with E-state index in [1.165, 1.54) is 12.1 Å². The molecule has 3 atom stereocenters. The van der Waals surface area contributed by atoms with Crippen LogP contribution in [0.2, 0.25) is 0 Å². The van der Waals surface area contributed by atoms with E-state index in [2.05, 4.69) is 28.5 Å². The summed E-state index contributed by atoms with van der Waals surface area (Å²) in [5.41, 5.74) is 0.669. The van der Waals surface area contributed by atoms with Crippen LogP contribution in [-0.2, 0) is 21.3 Å². The fourth-order valence-corrected chi connectivity index (χ4v) is 6.16. The first-order chi connectivity index (χ1) is 18.2. The van der Waals surface area contributed by atoms with Gasteiger partial charge in [0.05, 0.1) is 28.8 Å². The minimum absolute atomic E-state index is 0.0105. The number of methoxy groups -OCH3 is 1. The molecule has 9 nitrogen and oxygen atoms in total. The number of thiazole rings is 1. The number of likely N-dealkylation sites (N-methyl/N-ethyl adjacent to an activating group) is 1. The van der Waals surface area contributed by atoms with Crippen LogP contribution >= 0.6 is 11.3 Å². The molecule has 1 amide bonds. The molecule has 0 saturated carbocycles. The number of rotatable bonds is 6. The third-order valence-corrected chi connectivity index (χ3v) is 8.86. The highest BCUT2D eigenvalue weighted by molar-refractivity contribution is 7.92. The van der Waals surface area contributed by atoms with Crippen LogP contribution in [-0.4, -0.2) is 75.1 Å². The molecule has 38 heavy (non-hydrogen) atoms. The summed E-state index contributed by atoms with van der Waals surface area (Å²) in [6, 6.07) is 12.9. The average Bonchev–Trinajstić information content (AvgIpc) is 3.42. The van der Waals surface area contributed by atoms with E-state index in [0.717, 1.165) is 11.6 Å². The number of carbonyl (C=O) groups excluding carboxylic acids is 1. The zero-order chi connectivity index (χ0) is 27.3. The highest BCUT2D eigenvalue weighted by Crippen LogP contribution is 2.28. The van der Waals surface area contributed by atoms with Gasteiger partial charge in [-0.3, -0.25) is 14.4 Å². The van der Waals surface area contributed by atoms with E-state index < -0.39 is 10.0 Å². The predicted octanol–water partition coefficient (Wildman–Crippen LogP) is 3.95. The Labute approximate surface area is 228 Å². The molecule has 1 aromatic heterocycles. The van der Waals surface area contributed by atoms with E-state index in [0.29, 0.717) is 36.7 Å². The molecule has 0 radical (unpaired) electrons. The van der Waals surface area contributed by atoms with Crippen molar-refractivity contribution in [3.05, 3.63) is 70.7 Å². The summed E-state index contributed by atoms with van der Waals surface area (Å²) in [5.74, 6) is 0.240. The van der Waals surface area contributed by atoms with Crippen molar-refractivity contribution in [2.45, 2.75) is 37.4 Å². The summed E-state index contributed by atoms with van der Waals surface area (Å²) in [6.07, 6.45) is 1.63. The van der Waals surface area contributed by atoms with E-state index >= 15 is 0 Å². The molecule has 0 bridgehead atoms. The van der Waals surface area contributed by atoms with Gasteiger partial charge in [-0.25, -0.2) is 13.4 Å². The predicted molar refractivity (Wildman–Crippen MR) is 148 cm³/mol. The lowest BCUT2D eigenvalue weighted by molar-refractivity contribution is 0.00921. The molecule has 4 rings (SSSR count). The standard InChI is InChI=1S/C27H34N4O5S2/c1-19-15-31(17-26-28-12-13-37-26)20(2)18-36-24-14-21(29-38(33,34)22-8-6-5-7-9-22)10-11-23(24)27(32)30(3)16-25(19)35-4/h5-14,19-20,25,29H,15-18H2,1-4H3/t19-,20+,25+/m1/s1. The largest absolute Gasteiger partial charge is 0.491 e. The highest BCUT2D eigenvalue weighted by Gasteiger charge is 2.29. The SMILES string of the molecule is CO[C@H]1CN(C)C(=O)c2ccc(NS(=O)(=O)c3ccccc3)cc2OC[C@H](C)N(Cc2nccs2)C[C@H]1C. The quantitative estimate of drug-likeness (QED) is 0.489. The second-order valence-corrected chi connectivity index (χ2v) is 12.2. The zero-order valence-corrected chi connectivity index (χ0v) is 23.7. The summed E-state index contributed by atoms with van der Waals surface area (Å²) < 4.78 is 40.4. The molecule has 11 heteroatoms. The van der Waals surface area contributed by atoms with Crippen molar-refractivity contribution in [3.8, 4) is 5.75 Å². The van der Waals surface area contributed by atoms with Gasteiger partial charge in [0.15, 0.2) is 0 Å². The van der Waals surface area contributed by atoms with Gasteiger partial charge in [0.1, 0.15) is 17.4 Å². The lowest BCUT2D eigenvalue weighted by Gasteiger charge is -2.35. The molecule has 1 N–H and O–H groups in total. The molecular weight excluding hydrogens is 524 g/mol. The Hall–Kier alpha value is -2.99. The number of carbonyl (C=O) groups is 1. The van der Waals surface area contributed by atoms with Crippen molar-refractivity contribution in [1.82, 2.24) is 14.8 Å². The fraction of sp³-hybridized carbons (Fsp3) is 0.407. The van der Waals surface area contributed by atoms with Gasteiger partial charge in [-0.1, -0.05) is 25.1 Å². The van der Waals surface area contributed by atoms with Crippen molar-refractivity contribution < 1.29 is 22.7 Å². The molecule has 2 aromatic carbocycles. The lowest BCUT2D eigenvalue weighted by Crippen LogP contribution is -2.46. The number of aromatic nitrogens is 1. The average molecular weight is 559 g/mol. The molecule has 0 aliphatic carbocycles. The number of fused-ring (bicyclic) bond motifs is 1. The van der Waals surface area contributed by atoms with Crippen molar-refractivity contribution >= 4 is 33.0 Å². The second kappa shape index (κ2) is 12.2. The molecular formula is C27H34N4O5S2. The molecule has 0 unspecified atom stereocenters. The maximum absolute atomic E-state index is 13.4. The van der Waals surface area contributed by atoms with Crippen LogP contribution in [0.15, 0.2) is 65.0 Å². The smallest absolute Gasteiger partial charge is 0.261 e. The number of benzene rings is 2. The normalized spacial score (nSPS) is 21.6. The number of ether oxygens (including phenoxy) is 2. The van der Waals surface area contributed by atoms with Crippen molar-refractivity contribution in [2.75, 3.05) is 38.6 Å². The van der Waals surface area contributed by atoms with Crippen LogP contribution in [0.1, 0.15) is 29.2 Å². The lowest BCUT2D eigenvalue weighted by atomic mass is 10.0. The summed E-state index contributed by atoms with van der Waals surface area (Å²) in [6.45, 7) is 6.30. The topological polar surface area (TPSA) is 101 Å². The third-order valence-electron chi connectivity index (χ3n) is 6.70. The summed E-state index contributed by atoms with van der Waals surface area (Å²) in [5, 5.41) is 2.97. The number of nitrogens with zero attached hydrogens (tertiary/aromatic N) is 3. The molecule has 204 valence electrons. The Morgan fingerprint density at radius 2 is 1.92 bits per heavy atom. The van der Waals surface area contributed by atoms with Gasteiger partial charge < -0.3 is 14.4 Å². The van der Waals surface area contributed by atoms with E-state index in [-0.39, 0.29) is 28.9 Å². The summed E-state index contributed by atoms with van der Waals surface area (Å²) >= 11 is 1.61.